The van der Waals surface area contributed by atoms with Crippen LogP contribution in [0.4, 0.5) is 10.1 Å². The molecule has 0 aliphatic carbocycles. The Morgan fingerprint density at radius 2 is 1.61 bits per heavy atom. The van der Waals surface area contributed by atoms with E-state index in [0.29, 0.717) is 17.7 Å². The van der Waals surface area contributed by atoms with Crippen molar-refractivity contribution in [1.82, 2.24) is 10.2 Å². The molecule has 0 saturated heterocycles. The molecular weight excluding hydrogens is 445 g/mol. The summed E-state index contributed by atoms with van der Waals surface area (Å²) in [4.78, 5) is 27.8. The van der Waals surface area contributed by atoms with Crippen LogP contribution in [0.15, 0.2) is 54.6 Å². The number of carbonyl (C=O) groups is 2. The van der Waals surface area contributed by atoms with Gasteiger partial charge in [-0.25, -0.2) is 12.8 Å². The number of rotatable bonds is 11. The van der Waals surface area contributed by atoms with E-state index in [1.807, 2.05) is 13.8 Å². The van der Waals surface area contributed by atoms with Crippen molar-refractivity contribution < 1.29 is 22.4 Å². The van der Waals surface area contributed by atoms with Crippen molar-refractivity contribution in [3.05, 3.63) is 66.0 Å². The minimum absolute atomic E-state index is 0.0396. The number of para-hydroxylation sites is 1. The summed E-state index contributed by atoms with van der Waals surface area (Å²) in [5.41, 5.74) is 0.984. The van der Waals surface area contributed by atoms with Gasteiger partial charge >= 0.3 is 0 Å². The lowest BCUT2D eigenvalue weighted by molar-refractivity contribution is -0.140. The molecule has 180 valence electrons. The maximum Gasteiger partial charge on any atom is 0.244 e. The minimum Gasteiger partial charge on any atom is -0.352 e. The van der Waals surface area contributed by atoms with Gasteiger partial charge in [0, 0.05) is 12.6 Å². The summed E-state index contributed by atoms with van der Waals surface area (Å²) in [5, 5.41) is 2.90. The van der Waals surface area contributed by atoms with E-state index in [9.17, 15) is 22.4 Å². The first-order valence-corrected chi connectivity index (χ1v) is 12.8. The van der Waals surface area contributed by atoms with Crippen molar-refractivity contribution in [2.45, 2.75) is 52.2 Å². The highest BCUT2D eigenvalue weighted by molar-refractivity contribution is 7.92. The number of nitrogens with zero attached hydrogens (tertiary/aromatic N) is 2. The fraction of sp³-hybridized carbons (Fsp3) is 0.417. The zero-order valence-electron chi connectivity index (χ0n) is 19.5. The van der Waals surface area contributed by atoms with E-state index in [1.54, 1.807) is 49.4 Å². The average molecular weight is 478 g/mol. The molecule has 2 aromatic rings. The van der Waals surface area contributed by atoms with E-state index in [4.69, 9.17) is 0 Å². The summed E-state index contributed by atoms with van der Waals surface area (Å²) in [5.74, 6) is -1.25. The Labute approximate surface area is 195 Å². The molecule has 0 aliphatic rings. The van der Waals surface area contributed by atoms with Crippen molar-refractivity contribution in [2.24, 2.45) is 0 Å². The zero-order chi connectivity index (χ0) is 24.6. The lowest BCUT2D eigenvalue weighted by Crippen LogP contribution is -2.53. The quantitative estimate of drug-likeness (QED) is 0.538. The third kappa shape index (κ3) is 7.56. The summed E-state index contributed by atoms with van der Waals surface area (Å²) in [7, 11) is -3.76. The molecule has 2 unspecified atom stereocenters. The maximum absolute atomic E-state index is 13.5. The molecule has 0 aromatic heterocycles. The van der Waals surface area contributed by atoms with Crippen LogP contribution in [-0.4, -0.2) is 50.0 Å². The van der Waals surface area contributed by atoms with Gasteiger partial charge in [0.05, 0.1) is 11.9 Å². The molecule has 9 heteroatoms. The van der Waals surface area contributed by atoms with Crippen LogP contribution in [0.5, 0.6) is 0 Å². The fourth-order valence-electron chi connectivity index (χ4n) is 3.36. The van der Waals surface area contributed by atoms with Gasteiger partial charge in [-0.15, -0.1) is 0 Å². The highest BCUT2D eigenvalue weighted by Crippen LogP contribution is 2.19. The molecule has 0 bridgehead atoms. The molecule has 33 heavy (non-hydrogen) atoms. The number of halogens is 1. The Hall–Kier alpha value is -2.94. The van der Waals surface area contributed by atoms with E-state index < -0.39 is 34.3 Å². The first kappa shape index (κ1) is 26.3. The Morgan fingerprint density at radius 3 is 2.12 bits per heavy atom. The second kappa shape index (κ2) is 11.8. The normalized spacial score (nSPS) is 13.1. The van der Waals surface area contributed by atoms with Crippen LogP contribution < -0.4 is 9.62 Å². The first-order valence-electron chi connectivity index (χ1n) is 10.9. The number of anilines is 1. The largest absolute Gasteiger partial charge is 0.352 e. The molecule has 7 nitrogen and oxygen atoms in total. The Kier molecular flexibility index (Phi) is 9.40. The molecule has 0 saturated carbocycles. The third-order valence-corrected chi connectivity index (χ3v) is 6.52. The lowest BCUT2D eigenvalue weighted by Gasteiger charge is -2.33. The standard InChI is InChI=1S/C24H32FN3O4S/c1-5-18(3)26-24(30)22(6-2)27(16-19-12-14-20(25)15-13-19)23(29)17-28(33(4,31)32)21-10-8-7-9-11-21/h7-15,18,22H,5-6,16-17H2,1-4H3,(H,26,30). The maximum atomic E-state index is 13.5. The topological polar surface area (TPSA) is 86.8 Å². The second-order valence-electron chi connectivity index (χ2n) is 8.00. The number of sulfonamides is 1. The van der Waals surface area contributed by atoms with Gasteiger partial charge in [0.15, 0.2) is 0 Å². The number of carbonyl (C=O) groups excluding carboxylic acids is 2. The van der Waals surface area contributed by atoms with Gasteiger partial charge in [-0.2, -0.15) is 0 Å². The van der Waals surface area contributed by atoms with Crippen molar-refractivity contribution in [1.29, 1.82) is 0 Å². The summed E-state index contributed by atoms with van der Waals surface area (Å²) in [6.45, 7) is 5.18. The Morgan fingerprint density at radius 1 is 1.00 bits per heavy atom. The molecule has 2 rings (SSSR count). The minimum atomic E-state index is -3.76. The lowest BCUT2D eigenvalue weighted by atomic mass is 10.1. The summed E-state index contributed by atoms with van der Waals surface area (Å²) < 4.78 is 39.4. The van der Waals surface area contributed by atoms with Gasteiger partial charge in [-0.05, 0) is 49.6 Å². The Bertz CT molecular complexity index is 1030. The van der Waals surface area contributed by atoms with Gasteiger partial charge in [0.1, 0.15) is 18.4 Å². The monoisotopic (exact) mass is 477 g/mol. The number of benzene rings is 2. The van der Waals surface area contributed by atoms with Crippen molar-refractivity contribution >= 4 is 27.5 Å². The summed E-state index contributed by atoms with van der Waals surface area (Å²) in [6.07, 6.45) is 2.09. The molecule has 0 heterocycles. The van der Waals surface area contributed by atoms with Crippen LogP contribution >= 0.6 is 0 Å². The van der Waals surface area contributed by atoms with E-state index >= 15 is 0 Å². The van der Waals surface area contributed by atoms with Gasteiger partial charge in [-0.3, -0.25) is 13.9 Å². The SMILES string of the molecule is CCC(C)NC(=O)C(CC)N(Cc1ccc(F)cc1)C(=O)CN(c1ccccc1)S(C)(=O)=O. The number of hydrogen-bond acceptors (Lipinski definition) is 4. The molecule has 2 aromatic carbocycles. The highest BCUT2D eigenvalue weighted by atomic mass is 32.2. The van der Waals surface area contributed by atoms with Gasteiger partial charge < -0.3 is 10.2 Å². The van der Waals surface area contributed by atoms with Crippen molar-refractivity contribution in [3.63, 3.8) is 0 Å². The molecule has 0 spiro atoms. The molecule has 0 aliphatic heterocycles. The van der Waals surface area contributed by atoms with Crippen LogP contribution in [0, 0.1) is 5.82 Å². The zero-order valence-corrected chi connectivity index (χ0v) is 20.3. The van der Waals surface area contributed by atoms with Crippen LogP contribution in [0.3, 0.4) is 0 Å². The number of amides is 2. The molecule has 1 N–H and O–H groups in total. The fourth-order valence-corrected chi connectivity index (χ4v) is 4.20. The molecule has 2 atom stereocenters. The average Bonchev–Trinajstić information content (AvgIpc) is 2.78. The summed E-state index contributed by atoms with van der Waals surface area (Å²) >= 11 is 0. The second-order valence-corrected chi connectivity index (χ2v) is 9.90. The Balaban J connectivity index is 2.40. The first-order chi connectivity index (χ1) is 15.6. The van der Waals surface area contributed by atoms with Crippen molar-refractivity contribution in [3.8, 4) is 0 Å². The predicted molar refractivity (Wildman–Crippen MR) is 128 cm³/mol. The van der Waals surface area contributed by atoms with Crippen molar-refractivity contribution in [2.75, 3.05) is 17.1 Å². The van der Waals surface area contributed by atoms with Crippen LogP contribution in [0.2, 0.25) is 0 Å². The number of nitrogens with one attached hydrogen (secondary N) is 1. The van der Waals surface area contributed by atoms with E-state index in [0.717, 1.165) is 17.0 Å². The van der Waals surface area contributed by atoms with Gasteiger partial charge in [0.25, 0.3) is 0 Å². The molecule has 0 radical (unpaired) electrons. The number of hydrogen-bond donors (Lipinski definition) is 1. The van der Waals surface area contributed by atoms with Gasteiger partial charge in [-0.1, -0.05) is 44.2 Å². The van der Waals surface area contributed by atoms with Crippen LogP contribution in [0.25, 0.3) is 0 Å². The van der Waals surface area contributed by atoms with Gasteiger partial charge in [0.2, 0.25) is 21.8 Å². The predicted octanol–water partition coefficient (Wildman–Crippen LogP) is 3.31. The summed E-state index contributed by atoms with van der Waals surface area (Å²) in [6, 6.07) is 13.1. The highest BCUT2D eigenvalue weighted by Gasteiger charge is 2.32. The molecule has 0 fully saturated rings. The van der Waals surface area contributed by atoms with E-state index in [1.165, 1.54) is 17.0 Å². The molecule has 2 amide bonds. The van der Waals surface area contributed by atoms with Crippen LogP contribution in [-0.2, 0) is 26.2 Å². The van der Waals surface area contributed by atoms with E-state index in [2.05, 4.69) is 5.32 Å². The third-order valence-electron chi connectivity index (χ3n) is 5.38. The van der Waals surface area contributed by atoms with Crippen LogP contribution in [0.1, 0.15) is 39.2 Å². The molecular formula is C24H32FN3O4S. The van der Waals surface area contributed by atoms with E-state index in [-0.39, 0.29) is 18.5 Å². The smallest absolute Gasteiger partial charge is 0.244 e.